The number of nitrogens with two attached hydrogens (primary N) is 1. The zero-order valence-corrected chi connectivity index (χ0v) is 5.06. The highest BCUT2D eigenvalue weighted by atomic mass is 32.2. The van der Waals surface area contributed by atoms with Crippen LogP contribution in [0.3, 0.4) is 0 Å². The van der Waals surface area contributed by atoms with E-state index in [4.69, 9.17) is 0 Å². The molecule has 0 saturated carbocycles. The normalized spacial score (nSPS) is 9.62. The molecule has 0 aliphatic rings. The summed E-state index contributed by atoms with van der Waals surface area (Å²) in [4.78, 5) is 9.86. The van der Waals surface area contributed by atoms with Crippen molar-refractivity contribution in [1.29, 1.82) is 0 Å². The van der Waals surface area contributed by atoms with Crippen LogP contribution in [0.5, 0.6) is 0 Å². The Bertz CT molecular complexity index is 143. The lowest BCUT2D eigenvalue weighted by molar-refractivity contribution is -0.117. The minimum Gasteiger partial charge on any atom is -0.370 e. The van der Waals surface area contributed by atoms with Gasteiger partial charge in [-0.2, -0.15) is 0 Å². The van der Waals surface area contributed by atoms with Crippen molar-refractivity contribution in [2.24, 2.45) is 5.73 Å². The molecule has 5 heteroatoms. The molecule has 0 radical (unpaired) electrons. The lowest BCUT2D eigenvalue weighted by Gasteiger charge is -1.82. The van der Waals surface area contributed by atoms with Gasteiger partial charge in [-0.15, -0.1) is 0 Å². The molecule has 0 aliphatic carbocycles. The highest BCUT2D eigenvalue weighted by Gasteiger charge is 1.92. The van der Waals surface area contributed by atoms with Crippen molar-refractivity contribution in [3.05, 3.63) is 0 Å². The zero-order chi connectivity index (χ0) is 6.57. The number of primary amides is 1. The van der Waals surface area contributed by atoms with Gasteiger partial charge >= 0.3 is 0 Å². The van der Waals surface area contributed by atoms with E-state index < -0.39 is 16.6 Å². The Morgan fingerprint density at radius 1 is 1.50 bits per heavy atom. The van der Waals surface area contributed by atoms with E-state index in [0.29, 0.717) is 0 Å². The van der Waals surface area contributed by atoms with E-state index in [1.807, 2.05) is 0 Å². The number of hydrogen-bond donors (Lipinski definition) is 2. The summed E-state index contributed by atoms with van der Waals surface area (Å²) in [5, 5.41) is 0. The summed E-state index contributed by atoms with van der Waals surface area (Å²) in [5.41, 5.74) is 4.63. The smallest absolute Gasteiger partial charge is 0.218 e. The van der Waals surface area contributed by atoms with E-state index in [2.05, 4.69) is 5.73 Å². The van der Waals surface area contributed by atoms with Crippen molar-refractivity contribution in [1.82, 2.24) is 0 Å². The third-order valence-corrected chi connectivity index (χ3v) is 1.13. The van der Waals surface area contributed by atoms with Gasteiger partial charge in [0.2, 0.25) is 5.91 Å². The van der Waals surface area contributed by atoms with Crippen molar-refractivity contribution in [3.63, 3.8) is 0 Å². The van der Waals surface area contributed by atoms with Crippen LogP contribution in [0.4, 0.5) is 0 Å². The Balaban J connectivity index is 3.32. The summed E-state index contributed by atoms with van der Waals surface area (Å²) in [6, 6.07) is 0. The maximum Gasteiger partial charge on any atom is 0.218 e. The monoisotopic (exact) mass is 137 g/mol. The van der Waals surface area contributed by atoms with Crippen LogP contribution in [0.25, 0.3) is 0 Å². The van der Waals surface area contributed by atoms with Gasteiger partial charge in [0.1, 0.15) is 10.7 Å². The first-order chi connectivity index (χ1) is 3.63. The quantitative estimate of drug-likeness (QED) is 0.463. The second-order valence-electron chi connectivity index (χ2n) is 1.27. The van der Waals surface area contributed by atoms with Gasteiger partial charge in [-0.3, -0.25) is 4.79 Å². The van der Waals surface area contributed by atoms with Crippen molar-refractivity contribution < 1.29 is 13.2 Å². The minimum absolute atomic E-state index is 0.0707. The van der Waals surface area contributed by atoms with E-state index in [0.717, 1.165) is 0 Å². The van der Waals surface area contributed by atoms with Crippen LogP contribution in [-0.4, -0.2) is 20.1 Å². The number of hydrogen-bond acceptors (Lipinski definition) is 3. The summed E-state index contributed by atoms with van der Waals surface area (Å²) < 4.78 is 19.5. The first kappa shape index (κ1) is 7.42. The summed E-state index contributed by atoms with van der Waals surface area (Å²) in [5.74, 6) is -0.714. The molecule has 0 heterocycles. The molecular formula is C3H7NO3S. The molecule has 0 aromatic heterocycles. The average Bonchev–Trinajstić information content (AvgIpc) is 1.61. The van der Waals surface area contributed by atoms with Crippen molar-refractivity contribution in [3.8, 4) is 0 Å². The fourth-order valence-electron chi connectivity index (χ4n) is 0.201. The molecule has 0 saturated heterocycles. The van der Waals surface area contributed by atoms with Gasteiger partial charge in [-0.25, -0.2) is 8.42 Å². The molecular weight excluding hydrogens is 130 g/mol. The third kappa shape index (κ3) is 5.42. The number of carbonyl (C=O) groups excluding carboxylic acids is 1. The highest BCUT2D eigenvalue weighted by molar-refractivity contribution is 7.72. The molecule has 0 bridgehead atoms. The van der Waals surface area contributed by atoms with E-state index >= 15 is 0 Å². The topological polar surface area (TPSA) is 77.2 Å². The average molecular weight is 137 g/mol. The van der Waals surface area contributed by atoms with Gasteiger partial charge in [0.25, 0.3) is 0 Å². The lowest BCUT2D eigenvalue weighted by Crippen LogP contribution is -2.12. The summed E-state index contributed by atoms with van der Waals surface area (Å²) >= 11 is 0. The SMILES string of the molecule is NC(=O)CC[SH](=O)=O. The molecule has 0 aliphatic heterocycles. The summed E-state index contributed by atoms with van der Waals surface area (Å²) in [6.45, 7) is 0. The molecule has 48 valence electrons. The second kappa shape index (κ2) is 3.43. The summed E-state index contributed by atoms with van der Waals surface area (Å²) in [6.07, 6.45) is -0.0707. The van der Waals surface area contributed by atoms with E-state index in [-0.39, 0.29) is 12.2 Å². The predicted octanol–water partition coefficient (Wildman–Crippen LogP) is -1.53. The molecule has 0 aromatic carbocycles. The van der Waals surface area contributed by atoms with Gasteiger partial charge in [0, 0.05) is 6.42 Å². The van der Waals surface area contributed by atoms with Crippen molar-refractivity contribution in [2.45, 2.75) is 6.42 Å². The molecule has 4 nitrogen and oxygen atoms in total. The Labute approximate surface area is 48.6 Å². The largest absolute Gasteiger partial charge is 0.370 e. The number of amides is 1. The Kier molecular flexibility index (Phi) is 3.18. The molecule has 2 N–H and O–H groups in total. The molecule has 0 aromatic rings. The van der Waals surface area contributed by atoms with E-state index in [1.54, 1.807) is 0 Å². The highest BCUT2D eigenvalue weighted by Crippen LogP contribution is 1.74. The fourth-order valence-corrected chi connectivity index (χ4v) is 0.604. The third-order valence-electron chi connectivity index (χ3n) is 0.541. The Hall–Kier alpha value is -0.580. The van der Waals surface area contributed by atoms with Crippen LogP contribution in [-0.2, 0) is 15.5 Å². The molecule has 0 spiro atoms. The molecule has 0 rings (SSSR count). The Morgan fingerprint density at radius 2 is 2.00 bits per heavy atom. The maximum absolute atomic E-state index is 9.86. The molecule has 0 atom stereocenters. The van der Waals surface area contributed by atoms with Crippen LogP contribution in [0, 0.1) is 0 Å². The van der Waals surface area contributed by atoms with E-state index in [1.165, 1.54) is 0 Å². The molecule has 0 unspecified atom stereocenters. The van der Waals surface area contributed by atoms with Gasteiger partial charge in [0.05, 0.1) is 5.75 Å². The van der Waals surface area contributed by atoms with Gasteiger partial charge in [0.15, 0.2) is 0 Å². The number of rotatable bonds is 3. The first-order valence-electron chi connectivity index (χ1n) is 2.03. The van der Waals surface area contributed by atoms with Crippen LogP contribution in [0.1, 0.15) is 6.42 Å². The molecule has 0 fully saturated rings. The van der Waals surface area contributed by atoms with Crippen LogP contribution >= 0.6 is 0 Å². The predicted molar refractivity (Wildman–Crippen MR) is 29.0 cm³/mol. The summed E-state index contributed by atoms with van der Waals surface area (Å²) in [7, 11) is -2.43. The maximum atomic E-state index is 9.86. The van der Waals surface area contributed by atoms with Gasteiger partial charge in [-0.1, -0.05) is 0 Å². The zero-order valence-electron chi connectivity index (χ0n) is 4.16. The van der Waals surface area contributed by atoms with Crippen LogP contribution in [0.15, 0.2) is 0 Å². The van der Waals surface area contributed by atoms with E-state index in [9.17, 15) is 13.2 Å². The van der Waals surface area contributed by atoms with Gasteiger partial charge < -0.3 is 5.73 Å². The first-order valence-corrected chi connectivity index (χ1v) is 3.39. The fraction of sp³-hybridized carbons (Fsp3) is 0.667. The standard InChI is InChI=1S/C3H7NO3S/c4-3(5)1-2-8(6)7/h8H,1-2H2,(H2,4,5). The van der Waals surface area contributed by atoms with Crippen LogP contribution < -0.4 is 5.73 Å². The molecule has 8 heavy (non-hydrogen) atoms. The minimum atomic E-state index is -2.43. The van der Waals surface area contributed by atoms with Gasteiger partial charge in [-0.05, 0) is 0 Å². The van der Waals surface area contributed by atoms with Crippen molar-refractivity contribution in [2.75, 3.05) is 5.75 Å². The Morgan fingerprint density at radius 3 is 2.12 bits per heavy atom. The lowest BCUT2D eigenvalue weighted by atomic mass is 10.5. The molecule has 1 amide bonds. The van der Waals surface area contributed by atoms with Crippen LogP contribution in [0.2, 0.25) is 0 Å². The van der Waals surface area contributed by atoms with Crippen molar-refractivity contribution >= 4 is 16.6 Å². The second-order valence-corrected chi connectivity index (χ2v) is 2.39. The number of carbonyl (C=O) groups is 1. The number of thiol groups is 1.